The Kier molecular flexibility index (Phi) is 41.9. The van der Waals surface area contributed by atoms with Gasteiger partial charge in [0.1, 0.15) is 0 Å². The second kappa shape index (κ2) is 23.1. The van der Waals surface area contributed by atoms with Gasteiger partial charge in [0.15, 0.2) is 0 Å². The number of halogens is 2. The van der Waals surface area contributed by atoms with Crippen LogP contribution in [-0.4, -0.2) is 39.3 Å². The van der Waals surface area contributed by atoms with Crippen LogP contribution in [-0.2, 0) is 17.1 Å². The number of nitrogens with one attached hydrogen (secondary N) is 3. The van der Waals surface area contributed by atoms with Crippen molar-refractivity contribution in [2.24, 2.45) is 5.73 Å². The summed E-state index contributed by atoms with van der Waals surface area (Å²) in [6.45, 7) is 4.68. The largest absolute Gasteiger partial charge is 1.00 e. The molecule has 0 aliphatic rings. The van der Waals surface area contributed by atoms with Gasteiger partial charge in [0, 0.05) is 26.2 Å². The zero-order chi connectivity index (χ0) is 7.66. The fourth-order valence-electron chi connectivity index (χ4n) is 0.617. The smallest absolute Gasteiger partial charge is 0.676 e. The third-order valence-corrected chi connectivity index (χ3v) is 1.10. The Morgan fingerprint density at radius 1 is 0.923 bits per heavy atom. The second-order valence-electron chi connectivity index (χ2n) is 2.04. The van der Waals surface area contributed by atoms with Crippen molar-refractivity contribution in [1.82, 2.24) is 10.6 Å². The molecule has 0 spiro atoms. The molecule has 0 aromatic rings. The van der Waals surface area contributed by atoms with Crippen LogP contribution in [0.25, 0.3) is 5.73 Å². The van der Waals surface area contributed by atoms with Gasteiger partial charge in [0.25, 0.3) is 0 Å². The molecule has 0 radical (unpaired) electrons. The van der Waals surface area contributed by atoms with Crippen molar-refractivity contribution in [3.63, 3.8) is 0 Å². The molecule has 7 heteroatoms. The average Bonchev–Trinajstić information content (AvgIpc) is 1.97. The normalized spacial score (nSPS) is 7.85. The van der Waals surface area contributed by atoms with Crippen molar-refractivity contribution in [3.8, 4) is 0 Å². The predicted molar refractivity (Wildman–Crippen MR) is 58.5 cm³/mol. The van der Waals surface area contributed by atoms with E-state index in [0.717, 1.165) is 26.2 Å². The fourth-order valence-corrected chi connectivity index (χ4v) is 0.617. The van der Waals surface area contributed by atoms with Crippen LogP contribution in [0, 0.1) is 0 Å². The summed E-state index contributed by atoms with van der Waals surface area (Å²) in [6.07, 6.45) is 0. The summed E-state index contributed by atoms with van der Waals surface area (Å²) in [5, 5.41) is 6.25. The van der Waals surface area contributed by atoms with Gasteiger partial charge in [0.05, 0.1) is 0 Å². The standard InChI is InChI=1S/C6H17N4.2ClH.Cu/c7-1-3-9-5-6-10-4-2-8;;;/h7,9-10H,1-6,8H2;2*1H;/q-1;;;+1. The summed E-state index contributed by atoms with van der Waals surface area (Å²) in [5.41, 5.74) is 12.1. The Bertz CT molecular complexity index is 62.6. The molecule has 0 aromatic carbocycles. The van der Waals surface area contributed by atoms with E-state index < -0.39 is 0 Å². The van der Waals surface area contributed by atoms with Crippen molar-refractivity contribution in [2.45, 2.75) is 0 Å². The topological polar surface area (TPSA) is 73.9 Å². The molecule has 5 N–H and O–H groups in total. The molecule has 0 rings (SSSR count). The molecular weight excluding hydrogens is 263 g/mol. The van der Waals surface area contributed by atoms with Gasteiger partial charge in [-0.25, -0.2) is 0 Å². The van der Waals surface area contributed by atoms with Gasteiger partial charge in [-0.05, 0) is 6.54 Å². The molecule has 0 aliphatic carbocycles. The molecule has 0 atom stereocenters. The fraction of sp³-hybridized carbons (Fsp3) is 1.00. The van der Waals surface area contributed by atoms with E-state index in [9.17, 15) is 0 Å². The number of hydrogen-bond donors (Lipinski definition) is 3. The van der Waals surface area contributed by atoms with E-state index in [4.69, 9.17) is 11.5 Å². The van der Waals surface area contributed by atoms with Gasteiger partial charge >= 0.3 is 17.1 Å². The zero-order valence-corrected chi connectivity index (χ0v) is 10.0. The molecule has 0 saturated heterocycles. The van der Waals surface area contributed by atoms with Gasteiger partial charge < -0.3 is 22.1 Å². The average molecular weight is 282 g/mol. The van der Waals surface area contributed by atoms with Crippen molar-refractivity contribution >= 4 is 24.8 Å². The van der Waals surface area contributed by atoms with Crippen LogP contribution in [0.1, 0.15) is 0 Å². The third kappa shape index (κ3) is 24.6. The minimum atomic E-state index is 0. The van der Waals surface area contributed by atoms with E-state index in [2.05, 4.69) is 10.6 Å². The Hall–Kier alpha value is 0.939. The Morgan fingerprint density at radius 3 is 1.77 bits per heavy atom. The van der Waals surface area contributed by atoms with E-state index in [1.165, 1.54) is 0 Å². The monoisotopic (exact) mass is 280 g/mol. The molecule has 4 nitrogen and oxygen atoms in total. The van der Waals surface area contributed by atoms with Crippen LogP contribution in [0.2, 0.25) is 0 Å². The van der Waals surface area contributed by atoms with Gasteiger partial charge in [-0.2, -0.15) is 0 Å². The molecule has 0 saturated carbocycles. The van der Waals surface area contributed by atoms with Crippen LogP contribution >= 0.6 is 24.8 Å². The van der Waals surface area contributed by atoms with Crippen molar-refractivity contribution < 1.29 is 17.1 Å². The molecule has 0 aromatic heterocycles. The van der Waals surface area contributed by atoms with Crippen molar-refractivity contribution in [2.75, 3.05) is 39.3 Å². The maximum absolute atomic E-state index is 6.82. The molecule has 0 bridgehead atoms. The second-order valence-corrected chi connectivity index (χ2v) is 2.04. The van der Waals surface area contributed by atoms with Crippen molar-refractivity contribution in [1.29, 1.82) is 0 Å². The van der Waals surface area contributed by atoms with Gasteiger partial charge in [-0.3, -0.25) is 0 Å². The molecular formula is C6H19Cl2CuN4. The first-order valence-corrected chi connectivity index (χ1v) is 3.68. The first-order valence-electron chi connectivity index (χ1n) is 3.68. The minimum absolute atomic E-state index is 0. The molecule has 0 unspecified atom stereocenters. The summed E-state index contributed by atoms with van der Waals surface area (Å²) >= 11 is 0. The van der Waals surface area contributed by atoms with E-state index in [1.54, 1.807) is 0 Å². The van der Waals surface area contributed by atoms with Crippen LogP contribution in [0.5, 0.6) is 0 Å². The minimum Gasteiger partial charge on any atom is -0.676 e. The van der Waals surface area contributed by atoms with Gasteiger partial charge in [-0.15, -0.1) is 31.4 Å². The first-order chi connectivity index (χ1) is 4.91. The van der Waals surface area contributed by atoms with Crippen LogP contribution in [0.3, 0.4) is 0 Å². The summed E-state index contributed by atoms with van der Waals surface area (Å²) in [6, 6.07) is 0. The summed E-state index contributed by atoms with van der Waals surface area (Å²) < 4.78 is 0. The SMILES string of the molecule is Cl.Cl.[Cu+].[NH-]CCNCCNCCN. The van der Waals surface area contributed by atoms with E-state index in [-0.39, 0.29) is 41.9 Å². The maximum Gasteiger partial charge on any atom is 1.00 e. The van der Waals surface area contributed by atoms with Crippen molar-refractivity contribution in [3.05, 3.63) is 5.73 Å². The van der Waals surface area contributed by atoms with Crippen LogP contribution in [0.15, 0.2) is 0 Å². The number of nitrogens with two attached hydrogens (primary N) is 1. The number of hydrogen-bond acceptors (Lipinski definition) is 3. The molecule has 0 aliphatic heterocycles. The molecule has 0 amide bonds. The molecule has 0 fully saturated rings. The quantitative estimate of drug-likeness (QED) is 0.455. The zero-order valence-electron chi connectivity index (χ0n) is 7.44. The molecule has 88 valence electrons. The Balaban J connectivity index is -0.000000135. The van der Waals surface area contributed by atoms with E-state index in [0.29, 0.717) is 13.1 Å². The summed E-state index contributed by atoms with van der Waals surface area (Å²) in [7, 11) is 0. The van der Waals surface area contributed by atoms with E-state index >= 15 is 0 Å². The maximum atomic E-state index is 6.82. The molecule has 0 heterocycles. The summed E-state index contributed by atoms with van der Waals surface area (Å²) in [5.74, 6) is 0. The first kappa shape index (κ1) is 23.6. The van der Waals surface area contributed by atoms with Gasteiger partial charge in [0.2, 0.25) is 0 Å². The van der Waals surface area contributed by atoms with Gasteiger partial charge in [-0.1, -0.05) is 0 Å². The summed E-state index contributed by atoms with van der Waals surface area (Å²) in [4.78, 5) is 0. The van der Waals surface area contributed by atoms with Crippen LogP contribution < -0.4 is 16.4 Å². The Labute approximate surface area is 103 Å². The van der Waals surface area contributed by atoms with Crippen LogP contribution in [0.4, 0.5) is 0 Å². The Morgan fingerprint density at radius 2 is 1.38 bits per heavy atom. The third-order valence-electron chi connectivity index (χ3n) is 1.10. The number of rotatable bonds is 7. The van der Waals surface area contributed by atoms with E-state index in [1.807, 2.05) is 0 Å². The predicted octanol–water partition coefficient (Wildman–Crippen LogP) is 0.0176. The molecule has 13 heavy (non-hydrogen) atoms.